The standard InChI is InChI=1S/C20H20ClN3O2S2/c1-2-3-13-8-14-16(9-26-13)28-19-17(14)18(22)23-20(24-19)27-10-15(25)11-4-6-12(21)7-5-11/h4-7,13H,2-3,8-10H2,1H3,(H2,22,23,24)/t13-/m1/s1. The molecule has 0 fully saturated rings. The highest BCUT2D eigenvalue weighted by molar-refractivity contribution is 7.99. The molecule has 0 bridgehead atoms. The predicted molar refractivity (Wildman–Crippen MR) is 116 cm³/mol. The Morgan fingerprint density at radius 1 is 1.36 bits per heavy atom. The summed E-state index contributed by atoms with van der Waals surface area (Å²) < 4.78 is 5.94. The van der Waals surface area contributed by atoms with E-state index in [0.717, 1.165) is 29.5 Å². The van der Waals surface area contributed by atoms with E-state index in [-0.39, 0.29) is 17.6 Å². The summed E-state index contributed by atoms with van der Waals surface area (Å²) in [5.41, 5.74) is 8.14. The molecule has 1 atom stereocenters. The van der Waals surface area contributed by atoms with Crippen LogP contribution in [-0.2, 0) is 17.8 Å². The van der Waals surface area contributed by atoms with Crippen molar-refractivity contribution in [2.45, 2.75) is 44.1 Å². The average Bonchev–Trinajstić information content (AvgIpc) is 3.05. The van der Waals surface area contributed by atoms with Crippen LogP contribution in [0.25, 0.3) is 10.2 Å². The number of aromatic nitrogens is 2. The first-order chi connectivity index (χ1) is 13.5. The second-order valence-corrected chi connectivity index (χ2v) is 9.18. The van der Waals surface area contributed by atoms with Gasteiger partial charge in [0, 0.05) is 21.9 Å². The van der Waals surface area contributed by atoms with Gasteiger partial charge in [0.05, 0.1) is 23.8 Å². The van der Waals surface area contributed by atoms with Crippen LogP contribution in [0.15, 0.2) is 29.4 Å². The topological polar surface area (TPSA) is 78.1 Å². The van der Waals surface area contributed by atoms with E-state index in [2.05, 4.69) is 16.9 Å². The number of hydrogen-bond donors (Lipinski definition) is 1. The summed E-state index contributed by atoms with van der Waals surface area (Å²) in [4.78, 5) is 23.5. The lowest BCUT2D eigenvalue weighted by Gasteiger charge is -2.22. The maximum atomic E-state index is 12.4. The van der Waals surface area contributed by atoms with Gasteiger partial charge in [-0.1, -0.05) is 36.7 Å². The van der Waals surface area contributed by atoms with E-state index in [1.165, 1.54) is 22.2 Å². The zero-order valence-electron chi connectivity index (χ0n) is 15.4. The molecule has 3 heterocycles. The Bertz CT molecular complexity index is 1020. The van der Waals surface area contributed by atoms with Crippen LogP contribution in [0.5, 0.6) is 0 Å². The first kappa shape index (κ1) is 19.6. The number of halogens is 1. The molecule has 1 aromatic carbocycles. The second-order valence-electron chi connectivity index (χ2n) is 6.72. The Labute approximate surface area is 176 Å². The van der Waals surface area contributed by atoms with Crippen molar-refractivity contribution in [3.63, 3.8) is 0 Å². The van der Waals surface area contributed by atoms with Crippen LogP contribution in [0, 0.1) is 0 Å². The van der Waals surface area contributed by atoms with Gasteiger partial charge >= 0.3 is 0 Å². The van der Waals surface area contributed by atoms with E-state index in [9.17, 15) is 4.79 Å². The summed E-state index contributed by atoms with van der Waals surface area (Å²) in [7, 11) is 0. The van der Waals surface area contributed by atoms with Crippen LogP contribution in [0.2, 0.25) is 5.02 Å². The summed E-state index contributed by atoms with van der Waals surface area (Å²) in [6, 6.07) is 6.88. The number of ether oxygens (including phenoxy) is 1. The van der Waals surface area contributed by atoms with Crippen molar-refractivity contribution in [3.8, 4) is 0 Å². The Kier molecular flexibility index (Phi) is 5.87. The van der Waals surface area contributed by atoms with Crippen LogP contribution in [0.3, 0.4) is 0 Å². The van der Waals surface area contributed by atoms with Crippen molar-refractivity contribution < 1.29 is 9.53 Å². The van der Waals surface area contributed by atoms with E-state index < -0.39 is 0 Å². The summed E-state index contributed by atoms with van der Waals surface area (Å²) in [5.74, 6) is 0.741. The first-order valence-corrected chi connectivity index (χ1v) is 11.3. The fourth-order valence-electron chi connectivity index (χ4n) is 3.35. The first-order valence-electron chi connectivity index (χ1n) is 9.16. The number of fused-ring (bicyclic) bond motifs is 3. The van der Waals surface area contributed by atoms with E-state index >= 15 is 0 Å². The largest absolute Gasteiger partial charge is 0.383 e. The molecule has 0 radical (unpaired) electrons. The van der Waals surface area contributed by atoms with Crippen LogP contribution >= 0.6 is 34.7 Å². The number of nitrogens with two attached hydrogens (primary N) is 1. The number of hydrogen-bond acceptors (Lipinski definition) is 7. The highest BCUT2D eigenvalue weighted by Gasteiger charge is 2.25. The summed E-state index contributed by atoms with van der Waals surface area (Å²) >= 11 is 8.79. The summed E-state index contributed by atoms with van der Waals surface area (Å²) in [6.07, 6.45) is 3.23. The third-order valence-electron chi connectivity index (χ3n) is 4.73. The van der Waals surface area contributed by atoms with Crippen LogP contribution in [-0.4, -0.2) is 27.6 Å². The number of rotatable bonds is 6. The van der Waals surface area contributed by atoms with Gasteiger partial charge in [0.15, 0.2) is 10.9 Å². The van der Waals surface area contributed by atoms with Gasteiger partial charge in [-0.05, 0) is 36.2 Å². The van der Waals surface area contributed by atoms with Gasteiger partial charge in [-0.3, -0.25) is 4.79 Å². The molecule has 2 N–H and O–H groups in total. The molecule has 8 heteroatoms. The molecular weight excluding hydrogens is 414 g/mol. The number of nitrogen functional groups attached to an aromatic ring is 1. The van der Waals surface area contributed by atoms with Gasteiger partial charge in [-0.25, -0.2) is 9.97 Å². The highest BCUT2D eigenvalue weighted by atomic mass is 35.5. The Morgan fingerprint density at radius 3 is 2.89 bits per heavy atom. The molecular formula is C20H20ClN3O2S2. The summed E-state index contributed by atoms with van der Waals surface area (Å²) in [5, 5.41) is 2.09. The highest BCUT2D eigenvalue weighted by Crippen LogP contribution is 2.39. The number of nitrogens with zero attached hydrogens (tertiary/aromatic N) is 2. The molecule has 0 aliphatic carbocycles. The lowest BCUT2D eigenvalue weighted by molar-refractivity contribution is 0.0254. The average molecular weight is 434 g/mol. The van der Waals surface area contributed by atoms with Crippen molar-refractivity contribution in [2.75, 3.05) is 11.5 Å². The molecule has 5 nitrogen and oxygen atoms in total. The van der Waals surface area contributed by atoms with Gasteiger partial charge in [0.1, 0.15) is 10.6 Å². The fraction of sp³-hybridized carbons (Fsp3) is 0.350. The van der Waals surface area contributed by atoms with Crippen LogP contribution < -0.4 is 5.73 Å². The van der Waals surface area contributed by atoms with Gasteiger partial charge in [0.25, 0.3) is 0 Å². The van der Waals surface area contributed by atoms with E-state index in [4.69, 9.17) is 22.1 Å². The van der Waals surface area contributed by atoms with Crippen LogP contribution in [0.1, 0.15) is 40.6 Å². The molecule has 0 amide bonds. The molecule has 0 saturated carbocycles. The number of thiophene rings is 1. The molecule has 4 rings (SSSR count). The van der Waals surface area contributed by atoms with Crippen molar-refractivity contribution in [3.05, 3.63) is 45.3 Å². The monoisotopic (exact) mass is 433 g/mol. The van der Waals surface area contributed by atoms with Gasteiger partial charge in [0.2, 0.25) is 0 Å². The van der Waals surface area contributed by atoms with Crippen molar-refractivity contribution in [1.29, 1.82) is 0 Å². The number of carbonyl (C=O) groups excluding carboxylic acids is 1. The Balaban J connectivity index is 1.53. The molecule has 0 unspecified atom stereocenters. The lowest BCUT2D eigenvalue weighted by Crippen LogP contribution is -2.21. The number of benzene rings is 1. The SMILES string of the molecule is CCC[C@@H]1Cc2c(sc3nc(SCC(=O)c4ccc(Cl)cc4)nc(N)c23)CO1. The minimum absolute atomic E-state index is 0.00483. The zero-order chi connectivity index (χ0) is 19.7. The normalized spacial score (nSPS) is 16.3. The molecule has 0 saturated heterocycles. The number of anilines is 1. The smallest absolute Gasteiger partial charge is 0.191 e. The molecule has 146 valence electrons. The van der Waals surface area contributed by atoms with E-state index in [1.54, 1.807) is 35.6 Å². The van der Waals surface area contributed by atoms with Crippen molar-refractivity contribution in [2.24, 2.45) is 0 Å². The lowest BCUT2D eigenvalue weighted by atomic mass is 10.0. The molecule has 3 aromatic rings. The maximum Gasteiger partial charge on any atom is 0.191 e. The molecule has 28 heavy (non-hydrogen) atoms. The van der Waals surface area contributed by atoms with Gasteiger partial charge in [-0.15, -0.1) is 11.3 Å². The Hall–Kier alpha value is -1.67. The zero-order valence-corrected chi connectivity index (χ0v) is 17.8. The van der Waals surface area contributed by atoms with E-state index in [0.29, 0.717) is 28.2 Å². The molecule has 0 spiro atoms. The molecule has 1 aliphatic rings. The summed E-state index contributed by atoms with van der Waals surface area (Å²) in [6.45, 7) is 2.77. The van der Waals surface area contributed by atoms with Crippen molar-refractivity contribution >= 4 is 56.5 Å². The van der Waals surface area contributed by atoms with Crippen molar-refractivity contribution in [1.82, 2.24) is 9.97 Å². The van der Waals surface area contributed by atoms with E-state index in [1.807, 2.05) is 0 Å². The predicted octanol–water partition coefficient (Wildman–Crippen LogP) is 5.14. The third kappa shape index (κ3) is 4.03. The number of ketones is 1. The maximum absolute atomic E-state index is 12.4. The fourth-order valence-corrected chi connectivity index (χ4v) is 5.41. The Morgan fingerprint density at radius 2 is 2.14 bits per heavy atom. The number of thioether (sulfide) groups is 1. The van der Waals surface area contributed by atoms with Gasteiger partial charge < -0.3 is 10.5 Å². The third-order valence-corrected chi connectivity index (χ3v) is 6.93. The number of Topliss-reactive ketones (excluding diaryl/α,β-unsaturated/α-hetero) is 1. The van der Waals surface area contributed by atoms with Gasteiger partial charge in [-0.2, -0.15) is 0 Å². The quantitative estimate of drug-likeness (QED) is 0.329. The molecule has 1 aliphatic heterocycles. The van der Waals surface area contributed by atoms with Crippen LogP contribution in [0.4, 0.5) is 5.82 Å². The molecule has 2 aromatic heterocycles. The minimum Gasteiger partial charge on any atom is -0.383 e. The minimum atomic E-state index is 0.00483. The second kappa shape index (κ2) is 8.37. The number of carbonyl (C=O) groups is 1.